The SMILES string of the molecule is COC(=O)c1ccc2c(c1)nc1n2C[C@H]2[C@@H]1[C@H](c1cc(Cl)cs1)[C@@]1(Cc3ccc(Cl)cc3NC1=O)N2CC1CC1. The maximum atomic E-state index is 14.5. The highest BCUT2D eigenvalue weighted by atomic mass is 35.5. The van der Waals surface area contributed by atoms with Crippen LogP contribution in [0.15, 0.2) is 47.8 Å². The van der Waals surface area contributed by atoms with Crippen LogP contribution in [0.5, 0.6) is 0 Å². The van der Waals surface area contributed by atoms with Crippen molar-refractivity contribution in [3.05, 3.63) is 79.7 Å². The van der Waals surface area contributed by atoms with Crippen molar-refractivity contribution in [2.24, 2.45) is 5.92 Å². The van der Waals surface area contributed by atoms with Crippen molar-refractivity contribution in [1.82, 2.24) is 14.5 Å². The number of ether oxygens (including phenoxy) is 1. The standard InChI is InChI=1S/C30H26Cl2N4O3S/c1-39-28(37)16-5-7-22-21(8-16)33-27-25-23(13-35(22)27)36(12-15-2-3-15)30(26(25)24-10-19(32)14-40-24)11-17-4-6-18(31)9-20(17)34-29(30)38/h4-10,14-15,23,25-26H,2-3,11-13H2,1H3,(H,34,38)/t23-,25+,26-,30+/m0/s1. The molecule has 40 heavy (non-hydrogen) atoms. The van der Waals surface area contributed by atoms with Crippen molar-refractivity contribution in [3.8, 4) is 0 Å². The molecule has 1 amide bonds. The van der Waals surface area contributed by atoms with E-state index in [-0.39, 0.29) is 29.8 Å². The lowest BCUT2D eigenvalue weighted by Crippen LogP contribution is -2.61. The van der Waals surface area contributed by atoms with E-state index in [1.54, 1.807) is 23.5 Å². The van der Waals surface area contributed by atoms with Crippen molar-refractivity contribution < 1.29 is 14.3 Å². The first-order chi connectivity index (χ1) is 19.4. The quantitative estimate of drug-likeness (QED) is 0.290. The molecule has 4 aliphatic rings. The van der Waals surface area contributed by atoms with Crippen LogP contribution >= 0.6 is 34.5 Å². The number of carbonyl (C=O) groups excluding carboxylic acids is 2. The average molecular weight is 594 g/mol. The fourth-order valence-corrected chi connectivity index (χ4v) is 8.92. The molecular formula is C30H26Cl2N4O3S. The van der Waals surface area contributed by atoms with E-state index in [0.29, 0.717) is 27.9 Å². The predicted octanol–water partition coefficient (Wildman–Crippen LogP) is 6.10. The molecule has 8 rings (SSSR count). The molecule has 0 bridgehead atoms. The minimum Gasteiger partial charge on any atom is -0.465 e. The number of fused-ring (bicyclic) bond motifs is 6. The number of methoxy groups -OCH3 is 1. The molecule has 3 aliphatic heterocycles. The van der Waals surface area contributed by atoms with Crippen LogP contribution in [0.2, 0.25) is 10.0 Å². The summed E-state index contributed by atoms with van der Waals surface area (Å²) in [5.74, 6) is 1.03. The van der Waals surface area contributed by atoms with Gasteiger partial charge in [0.2, 0.25) is 5.91 Å². The zero-order valence-electron chi connectivity index (χ0n) is 21.7. The lowest BCUT2D eigenvalue weighted by Gasteiger charge is -2.45. The van der Waals surface area contributed by atoms with Crippen LogP contribution in [-0.4, -0.2) is 51.6 Å². The predicted molar refractivity (Wildman–Crippen MR) is 156 cm³/mol. The highest BCUT2D eigenvalue weighted by molar-refractivity contribution is 7.10. The third-order valence-electron chi connectivity index (χ3n) is 9.29. The molecule has 1 saturated carbocycles. The molecular weight excluding hydrogens is 567 g/mol. The van der Waals surface area contributed by atoms with Crippen LogP contribution < -0.4 is 5.32 Å². The van der Waals surface area contributed by atoms with Crippen molar-refractivity contribution in [2.75, 3.05) is 19.0 Å². The van der Waals surface area contributed by atoms with Gasteiger partial charge in [-0.15, -0.1) is 11.3 Å². The summed E-state index contributed by atoms with van der Waals surface area (Å²) in [6, 6.07) is 13.5. The number of imidazole rings is 1. The van der Waals surface area contributed by atoms with Crippen molar-refractivity contribution in [2.45, 2.75) is 49.2 Å². The Balaban J connectivity index is 1.33. The third kappa shape index (κ3) is 3.49. The van der Waals surface area contributed by atoms with Crippen molar-refractivity contribution in [3.63, 3.8) is 0 Å². The van der Waals surface area contributed by atoms with Crippen LogP contribution in [-0.2, 0) is 22.5 Å². The molecule has 0 radical (unpaired) electrons. The van der Waals surface area contributed by atoms with Gasteiger partial charge < -0.3 is 14.6 Å². The Kier molecular flexibility index (Phi) is 5.46. The number of carbonyl (C=O) groups is 2. The van der Waals surface area contributed by atoms with Gasteiger partial charge in [-0.05, 0) is 60.7 Å². The Morgan fingerprint density at radius 2 is 2.02 bits per heavy atom. The monoisotopic (exact) mass is 592 g/mol. The van der Waals surface area contributed by atoms with Crippen LogP contribution in [0.4, 0.5) is 5.69 Å². The van der Waals surface area contributed by atoms with Gasteiger partial charge in [-0.2, -0.15) is 0 Å². The highest BCUT2D eigenvalue weighted by Gasteiger charge is 2.67. The summed E-state index contributed by atoms with van der Waals surface area (Å²) in [6.07, 6.45) is 2.98. The number of thiophene rings is 1. The number of nitrogens with one attached hydrogen (secondary N) is 1. The molecule has 4 atom stereocenters. The van der Waals surface area contributed by atoms with E-state index in [0.717, 1.165) is 46.1 Å². The molecule has 1 aliphatic carbocycles. The number of esters is 1. The second-order valence-corrected chi connectivity index (χ2v) is 13.3. The molecule has 1 saturated heterocycles. The van der Waals surface area contributed by atoms with E-state index in [1.807, 2.05) is 35.7 Å². The van der Waals surface area contributed by atoms with Crippen LogP contribution in [0.1, 0.15) is 51.3 Å². The second-order valence-electron chi connectivity index (χ2n) is 11.5. The van der Waals surface area contributed by atoms with Crippen LogP contribution in [0.25, 0.3) is 11.0 Å². The van der Waals surface area contributed by atoms with Gasteiger partial charge in [-0.25, -0.2) is 9.78 Å². The van der Waals surface area contributed by atoms with E-state index < -0.39 is 5.54 Å². The number of hydrogen-bond donors (Lipinski definition) is 1. The number of nitrogens with zero attached hydrogens (tertiary/aromatic N) is 3. The van der Waals surface area contributed by atoms with Crippen molar-refractivity contribution >= 4 is 63.1 Å². The Morgan fingerprint density at radius 1 is 1.18 bits per heavy atom. The van der Waals surface area contributed by atoms with Gasteiger partial charge >= 0.3 is 5.97 Å². The lowest BCUT2D eigenvalue weighted by molar-refractivity contribution is -0.129. The number of likely N-dealkylation sites (tertiary alicyclic amines) is 1. The van der Waals surface area contributed by atoms with Crippen LogP contribution in [0, 0.1) is 5.92 Å². The summed E-state index contributed by atoms with van der Waals surface area (Å²) < 4.78 is 7.23. The summed E-state index contributed by atoms with van der Waals surface area (Å²) in [7, 11) is 1.38. The maximum absolute atomic E-state index is 14.5. The topological polar surface area (TPSA) is 76.5 Å². The van der Waals surface area contributed by atoms with E-state index >= 15 is 0 Å². The van der Waals surface area contributed by atoms with E-state index in [2.05, 4.69) is 14.8 Å². The summed E-state index contributed by atoms with van der Waals surface area (Å²) >= 11 is 14.4. The molecule has 1 N–H and O–H groups in total. The van der Waals surface area contributed by atoms with Gasteiger partial charge in [0.05, 0.1) is 28.7 Å². The number of anilines is 1. The normalized spacial score (nSPS) is 27.1. The lowest BCUT2D eigenvalue weighted by atomic mass is 9.72. The minimum absolute atomic E-state index is 0.0120. The number of rotatable bonds is 4. The van der Waals surface area contributed by atoms with Gasteiger partial charge in [0.15, 0.2) is 0 Å². The molecule has 1 spiro atoms. The fraction of sp³-hybridized carbons (Fsp3) is 0.367. The fourth-order valence-electron chi connectivity index (χ4n) is 7.43. The molecule has 2 fully saturated rings. The van der Waals surface area contributed by atoms with E-state index in [1.165, 1.54) is 20.0 Å². The molecule has 2 aromatic carbocycles. The summed E-state index contributed by atoms with van der Waals surface area (Å²) in [5, 5.41) is 6.51. The zero-order valence-corrected chi connectivity index (χ0v) is 24.0. The molecule has 7 nitrogen and oxygen atoms in total. The van der Waals surface area contributed by atoms with Crippen LogP contribution in [0.3, 0.4) is 0 Å². The highest BCUT2D eigenvalue weighted by Crippen LogP contribution is 2.61. The Labute approximate surface area is 245 Å². The smallest absolute Gasteiger partial charge is 0.337 e. The number of benzene rings is 2. The first-order valence-corrected chi connectivity index (χ1v) is 15.2. The molecule has 0 unspecified atom stereocenters. The maximum Gasteiger partial charge on any atom is 0.337 e. The molecule has 204 valence electrons. The summed E-state index contributed by atoms with van der Waals surface area (Å²) in [4.78, 5) is 35.5. The Hall–Kier alpha value is -2.91. The van der Waals surface area contributed by atoms with E-state index in [4.69, 9.17) is 32.9 Å². The molecule has 4 aromatic rings. The summed E-state index contributed by atoms with van der Waals surface area (Å²) in [6.45, 7) is 1.61. The average Bonchev–Trinajstić information content (AvgIpc) is 3.27. The Bertz CT molecular complexity index is 1730. The summed E-state index contributed by atoms with van der Waals surface area (Å²) in [5.41, 5.74) is 3.33. The van der Waals surface area contributed by atoms with Gasteiger partial charge in [-0.1, -0.05) is 29.3 Å². The van der Waals surface area contributed by atoms with Gasteiger partial charge in [0.25, 0.3) is 0 Å². The van der Waals surface area contributed by atoms with Gasteiger partial charge in [-0.3, -0.25) is 9.69 Å². The number of amides is 1. The second kappa shape index (κ2) is 8.79. The minimum atomic E-state index is -0.784. The van der Waals surface area contributed by atoms with Gasteiger partial charge in [0.1, 0.15) is 11.4 Å². The molecule has 10 heteroatoms. The Morgan fingerprint density at radius 3 is 2.77 bits per heavy atom. The van der Waals surface area contributed by atoms with Crippen molar-refractivity contribution in [1.29, 1.82) is 0 Å². The number of aromatic nitrogens is 2. The third-order valence-corrected chi connectivity index (χ3v) is 10.9. The molecule has 2 aromatic heterocycles. The number of halogens is 2. The van der Waals surface area contributed by atoms with Gasteiger partial charge in [0, 0.05) is 58.4 Å². The zero-order chi connectivity index (χ0) is 27.3. The first-order valence-electron chi connectivity index (χ1n) is 13.6. The molecule has 5 heterocycles. The van der Waals surface area contributed by atoms with E-state index in [9.17, 15) is 9.59 Å². The first kappa shape index (κ1) is 24.9. The largest absolute Gasteiger partial charge is 0.465 e. The number of hydrogen-bond acceptors (Lipinski definition) is 6.